The molecular weight excluding hydrogens is 323 g/mol. The summed E-state index contributed by atoms with van der Waals surface area (Å²) in [6.07, 6.45) is 2.14. The maximum atomic E-state index is 13.6. The van der Waals surface area contributed by atoms with Crippen LogP contribution in [0.3, 0.4) is 0 Å². The van der Waals surface area contributed by atoms with Crippen LogP contribution in [-0.2, 0) is 4.74 Å². The van der Waals surface area contributed by atoms with E-state index in [1.807, 2.05) is 0 Å². The van der Waals surface area contributed by atoms with Gasteiger partial charge in [-0.1, -0.05) is 17.7 Å². The third-order valence-electron chi connectivity index (χ3n) is 4.60. The maximum absolute atomic E-state index is 13.6. The van der Waals surface area contributed by atoms with Crippen LogP contribution >= 0.6 is 11.6 Å². The number of hydrogen-bond acceptors (Lipinski definition) is 3. The average molecular weight is 343 g/mol. The van der Waals surface area contributed by atoms with E-state index in [0.29, 0.717) is 25.1 Å². The van der Waals surface area contributed by atoms with Crippen molar-refractivity contribution < 1.29 is 19.0 Å². The molecule has 2 fully saturated rings. The summed E-state index contributed by atoms with van der Waals surface area (Å²) in [6.45, 7) is 1.05. The molecule has 2 atom stereocenters. The largest absolute Gasteiger partial charge is 0.396 e. The van der Waals surface area contributed by atoms with E-state index < -0.39 is 5.82 Å². The molecule has 0 radical (unpaired) electrons. The monoisotopic (exact) mass is 342 g/mol. The SMILES string of the molecule is O=C(NCC1(CO)CC1)NC1CCOC1c1ccc(Cl)c(F)c1. The fraction of sp³-hybridized carbons (Fsp3) is 0.562. The number of benzene rings is 1. The molecule has 1 aliphatic carbocycles. The number of carbonyl (C=O) groups is 1. The number of rotatable bonds is 5. The number of aliphatic hydroxyl groups is 1. The molecule has 2 unspecified atom stereocenters. The van der Waals surface area contributed by atoms with E-state index in [0.717, 1.165) is 12.8 Å². The predicted octanol–water partition coefficient (Wildman–Crippen LogP) is 2.38. The molecule has 0 spiro atoms. The van der Waals surface area contributed by atoms with Gasteiger partial charge in [-0.15, -0.1) is 0 Å². The first kappa shape index (κ1) is 16.5. The Balaban J connectivity index is 1.58. The van der Waals surface area contributed by atoms with Crippen LogP contribution in [0.2, 0.25) is 5.02 Å². The number of carbonyl (C=O) groups excluding carboxylic acids is 1. The highest BCUT2D eigenvalue weighted by atomic mass is 35.5. The van der Waals surface area contributed by atoms with Gasteiger partial charge >= 0.3 is 6.03 Å². The van der Waals surface area contributed by atoms with Gasteiger partial charge in [-0.2, -0.15) is 0 Å². The van der Waals surface area contributed by atoms with Gasteiger partial charge in [-0.3, -0.25) is 0 Å². The Labute approximate surface area is 139 Å². The molecule has 2 aliphatic rings. The van der Waals surface area contributed by atoms with Gasteiger partial charge in [0.2, 0.25) is 0 Å². The predicted molar refractivity (Wildman–Crippen MR) is 83.8 cm³/mol. The van der Waals surface area contributed by atoms with Crippen LogP contribution in [0.1, 0.15) is 30.9 Å². The van der Waals surface area contributed by atoms with E-state index in [-0.39, 0.29) is 35.2 Å². The van der Waals surface area contributed by atoms with Crippen LogP contribution in [0, 0.1) is 11.2 Å². The van der Waals surface area contributed by atoms with E-state index in [9.17, 15) is 14.3 Å². The summed E-state index contributed by atoms with van der Waals surface area (Å²) >= 11 is 5.70. The standard InChI is InChI=1S/C16H20ClFN2O3/c17-11-2-1-10(7-12(11)18)14-13(3-6-23-14)20-15(22)19-8-16(9-21)4-5-16/h1-2,7,13-14,21H,3-6,8-9H2,(H2,19,20,22). The van der Waals surface area contributed by atoms with Crippen LogP contribution < -0.4 is 10.6 Å². The molecule has 0 aromatic heterocycles. The molecule has 3 N–H and O–H groups in total. The van der Waals surface area contributed by atoms with E-state index in [1.54, 1.807) is 6.07 Å². The van der Waals surface area contributed by atoms with Crippen molar-refractivity contribution in [1.82, 2.24) is 10.6 Å². The molecule has 2 amide bonds. The van der Waals surface area contributed by atoms with Gasteiger partial charge in [0.05, 0.1) is 17.7 Å². The fourth-order valence-corrected chi connectivity index (χ4v) is 2.93. The third kappa shape index (κ3) is 3.76. The minimum atomic E-state index is -0.499. The minimum absolute atomic E-state index is 0.0627. The zero-order valence-corrected chi connectivity index (χ0v) is 13.4. The summed E-state index contributed by atoms with van der Waals surface area (Å²) in [4.78, 5) is 12.0. The lowest BCUT2D eigenvalue weighted by molar-refractivity contribution is 0.0995. The van der Waals surface area contributed by atoms with E-state index >= 15 is 0 Å². The average Bonchev–Trinajstić information content (AvgIpc) is 3.19. The highest BCUT2D eigenvalue weighted by Gasteiger charge is 2.42. The van der Waals surface area contributed by atoms with Gasteiger partial charge in [0.1, 0.15) is 11.9 Å². The quantitative estimate of drug-likeness (QED) is 0.769. The summed E-state index contributed by atoms with van der Waals surface area (Å²) in [7, 11) is 0. The zero-order valence-electron chi connectivity index (χ0n) is 12.6. The molecule has 1 saturated carbocycles. The fourth-order valence-electron chi connectivity index (χ4n) is 2.81. The number of halogens is 2. The molecule has 23 heavy (non-hydrogen) atoms. The summed E-state index contributed by atoms with van der Waals surface area (Å²) in [5, 5.41) is 15.0. The highest BCUT2D eigenvalue weighted by Crippen LogP contribution is 2.44. The number of aliphatic hydroxyl groups excluding tert-OH is 1. The minimum Gasteiger partial charge on any atom is -0.396 e. The smallest absolute Gasteiger partial charge is 0.315 e. The van der Waals surface area contributed by atoms with Gasteiger partial charge in [0.25, 0.3) is 0 Å². The summed E-state index contributed by atoms with van der Waals surface area (Å²) in [5.74, 6) is -0.499. The van der Waals surface area contributed by atoms with E-state index in [1.165, 1.54) is 12.1 Å². The molecule has 5 nitrogen and oxygen atoms in total. The van der Waals surface area contributed by atoms with Crippen molar-refractivity contribution in [2.24, 2.45) is 5.41 Å². The van der Waals surface area contributed by atoms with E-state index in [2.05, 4.69) is 10.6 Å². The molecule has 1 saturated heterocycles. The van der Waals surface area contributed by atoms with Crippen molar-refractivity contribution in [1.29, 1.82) is 0 Å². The van der Waals surface area contributed by atoms with Crippen molar-refractivity contribution >= 4 is 17.6 Å². The van der Waals surface area contributed by atoms with Gasteiger partial charge < -0.3 is 20.5 Å². The van der Waals surface area contributed by atoms with Crippen molar-refractivity contribution in [2.75, 3.05) is 19.8 Å². The molecule has 1 aliphatic heterocycles. The lowest BCUT2D eigenvalue weighted by Gasteiger charge is -2.21. The van der Waals surface area contributed by atoms with Crippen LogP contribution in [0.15, 0.2) is 18.2 Å². The van der Waals surface area contributed by atoms with Crippen LogP contribution in [-0.4, -0.2) is 36.9 Å². The Kier molecular flexibility index (Phi) is 4.75. The molecule has 1 heterocycles. The van der Waals surface area contributed by atoms with Crippen molar-refractivity contribution in [2.45, 2.75) is 31.4 Å². The van der Waals surface area contributed by atoms with Gasteiger partial charge in [0, 0.05) is 18.6 Å². The number of amides is 2. The molecule has 1 aromatic rings. The molecule has 3 rings (SSSR count). The molecular formula is C16H20ClFN2O3. The first-order valence-corrected chi connectivity index (χ1v) is 8.13. The topological polar surface area (TPSA) is 70.6 Å². The second kappa shape index (κ2) is 6.63. The Bertz CT molecular complexity index is 595. The Morgan fingerprint density at radius 1 is 1.48 bits per heavy atom. The molecule has 1 aromatic carbocycles. The number of nitrogens with one attached hydrogen (secondary N) is 2. The van der Waals surface area contributed by atoms with Crippen molar-refractivity contribution in [3.05, 3.63) is 34.6 Å². The van der Waals surface area contributed by atoms with Crippen molar-refractivity contribution in [3.8, 4) is 0 Å². The lowest BCUT2D eigenvalue weighted by Crippen LogP contribution is -2.45. The molecule has 126 valence electrons. The third-order valence-corrected chi connectivity index (χ3v) is 4.90. The van der Waals surface area contributed by atoms with Gasteiger partial charge in [-0.25, -0.2) is 9.18 Å². The van der Waals surface area contributed by atoms with Gasteiger partial charge in [-0.05, 0) is 37.0 Å². The van der Waals surface area contributed by atoms with Crippen molar-refractivity contribution in [3.63, 3.8) is 0 Å². The molecule has 7 heteroatoms. The first-order valence-electron chi connectivity index (χ1n) is 7.75. The normalized spacial score (nSPS) is 25.2. The molecule has 0 bridgehead atoms. The number of hydrogen-bond donors (Lipinski definition) is 3. The zero-order chi connectivity index (χ0) is 16.4. The lowest BCUT2D eigenvalue weighted by atomic mass is 10.0. The van der Waals surface area contributed by atoms with Gasteiger partial charge in [0.15, 0.2) is 0 Å². The van der Waals surface area contributed by atoms with Crippen LogP contribution in [0.4, 0.5) is 9.18 Å². The Morgan fingerprint density at radius 3 is 2.91 bits per heavy atom. The number of ether oxygens (including phenoxy) is 1. The Morgan fingerprint density at radius 2 is 2.26 bits per heavy atom. The summed E-state index contributed by atoms with van der Waals surface area (Å²) in [6, 6.07) is 4.03. The Hall–Kier alpha value is -1.37. The van der Waals surface area contributed by atoms with Crippen LogP contribution in [0.25, 0.3) is 0 Å². The summed E-state index contributed by atoms with van der Waals surface area (Å²) in [5.41, 5.74) is 0.520. The first-order chi connectivity index (χ1) is 11.0. The van der Waals surface area contributed by atoms with Crippen LogP contribution in [0.5, 0.6) is 0 Å². The second-order valence-electron chi connectivity index (χ2n) is 6.35. The summed E-state index contributed by atoms with van der Waals surface area (Å²) < 4.78 is 19.2. The highest BCUT2D eigenvalue weighted by molar-refractivity contribution is 6.30. The second-order valence-corrected chi connectivity index (χ2v) is 6.75. The van der Waals surface area contributed by atoms with E-state index in [4.69, 9.17) is 16.3 Å². The maximum Gasteiger partial charge on any atom is 0.315 e. The number of urea groups is 1.